The van der Waals surface area contributed by atoms with Crippen molar-refractivity contribution in [2.45, 2.75) is 38.2 Å². The summed E-state index contributed by atoms with van der Waals surface area (Å²) in [7, 11) is 1.56. The molecule has 9 nitrogen and oxygen atoms in total. The Hall–Kier alpha value is -3.50. The first-order valence-electron chi connectivity index (χ1n) is 10.1. The maximum absolute atomic E-state index is 12.6. The lowest BCUT2D eigenvalue weighted by Crippen LogP contribution is -2.33. The third kappa shape index (κ3) is 6.25. The fourth-order valence-corrected chi connectivity index (χ4v) is 3.39. The number of hydrogen-bond acceptors (Lipinski definition) is 7. The first-order valence-corrected chi connectivity index (χ1v) is 10.1. The second-order valence-corrected chi connectivity index (χ2v) is 7.03. The first kappa shape index (κ1) is 23.2. The van der Waals surface area contributed by atoms with E-state index in [-0.39, 0.29) is 17.7 Å². The molecule has 0 unspecified atom stereocenters. The summed E-state index contributed by atoms with van der Waals surface area (Å²) in [5, 5.41) is 27.9. The van der Waals surface area contributed by atoms with Crippen LogP contribution >= 0.6 is 0 Å². The molecule has 1 aromatic heterocycles. The Labute approximate surface area is 184 Å². The van der Waals surface area contributed by atoms with Gasteiger partial charge in [-0.25, -0.2) is 4.39 Å². The molecule has 0 spiro atoms. The summed E-state index contributed by atoms with van der Waals surface area (Å²) >= 11 is 0. The molecule has 1 aliphatic rings. The number of nitrogens with one attached hydrogen (secondary N) is 1. The van der Waals surface area contributed by atoms with E-state index < -0.39 is 12.3 Å². The van der Waals surface area contributed by atoms with Crippen molar-refractivity contribution >= 4 is 5.91 Å². The predicted molar refractivity (Wildman–Crippen MR) is 113 cm³/mol. The number of aromatic nitrogens is 3. The smallest absolute Gasteiger partial charge is 0.310 e. The molecule has 0 bridgehead atoms. The van der Waals surface area contributed by atoms with Gasteiger partial charge in [0.25, 0.3) is 5.91 Å². The monoisotopic (exact) mass is 444 g/mol. The molecule has 2 aromatic carbocycles. The van der Waals surface area contributed by atoms with E-state index in [9.17, 15) is 9.18 Å². The van der Waals surface area contributed by atoms with Crippen LogP contribution in [0.3, 0.4) is 0 Å². The van der Waals surface area contributed by atoms with Crippen molar-refractivity contribution in [2.75, 3.05) is 7.11 Å². The van der Waals surface area contributed by atoms with Crippen molar-refractivity contribution in [3.8, 4) is 17.2 Å². The average Bonchev–Trinajstić information content (AvgIpc) is 3.49. The number of amides is 1. The number of aliphatic hydroxyl groups is 2. The van der Waals surface area contributed by atoms with Crippen LogP contribution in [0.15, 0.2) is 54.9 Å². The van der Waals surface area contributed by atoms with Crippen LogP contribution < -0.4 is 14.8 Å². The highest BCUT2D eigenvalue weighted by Crippen LogP contribution is 2.26. The van der Waals surface area contributed by atoms with Crippen LogP contribution in [0.5, 0.6) is 11.5 Å². The van der Waals surface area contributed by atoms with E-state index in [0.29, 0.717) is 17.0 Å². The average molecular weight is 444 g/mol. The van der Waals surface area contributed by atoms with Gasteiger partial charge in [0.1, 0.15) is 28.6 Å². The molecule has 0 saturated heterocycles. The lowest BCUT2D eigenvalue weighted by Gasteiger charge is -2.16. The minimum absolute atomic E-state index is 0.133. The van der Waals surface area contributed by atoms with Crippen molar-refractivity contribution in [1.82, 2.24) is 20.3 Å². The number of carbonyl (C=O) groups is 1. The van der Waals surface area contributed by atoms with Gasteiger partial charge in [-0.2, -0.15) is 15.0 Å². The second kappa shape index (κ2) is 11.2. The zero-order valence-electron chi connectivity index (χ0n) is 17.5. The summed E-state index contributed by atoms with van der Waals surface area (Å²) in [5.74, 6) is 0.207. The number of hydrogen-bond donors (Lipinski definition) is 3. The molecule has 3 aromatic rings. The van der Waals surface area contributed by atoms with Crippen molar-refractivity contribution in [3.05, 3.63) is 66.2 Å². The van der Waals surface area contributed by atoms with E-state index in [1.54, 1.807) is 25.6 Å². The van der Waals surface area contributed by atoms with E-state index in [1.807, 2.05) is 12.1 Å². The largest absolute Gasteiger partial charge is 0.496 e. The summed E-state index contributed by atoms with van der Waals surface area (Å²) in [6.45, 7) is -1.86. The zero-order valence-corrected chi connectivity index (χ0v) is 17.5. The molecule has 1 amide bonds. The van der Waals surface area contributed by atoms with E-state index in [2.05, 4.69) is 20.3 Å². The Morgan fingerprint density at radius 1 is 1.12 bits per heavy atom. The van der Waals surface area contributed by atoms with Gasteiger partial charge in [0.15, 0.2) is 0 Å². The van der Waals surface area contributed by atoms with Gasteiger partial charge in [-0.1, -0.05) is 18.9 Å². The number of halogens is 1. The maximum Gasteiger partial charge on any atom is 0.310 e. The minimum Gasteiger partial charge on any atom is -0.496 e. The Morgan fingerprint density at radius 2 is 1.78 bits per heavy atom. The number of aliphatic hydroxyl groups excluding tert-OH is 1. The van der Waals surface area contributed by atoms with Gasteiger partial charge < -0.3 is 25.0 Å². The van der Waals surface area contributed by atoms with E-state index in [0.717, 1.165) is 25.0 Å². The summed E-state index contributed by atoms with van der Waals surface area (Å²) in [6, 6.07) is 10.6. The number of benzene rings is 2. The Bertz CT molecular complexity index is 990. The highest BCUT2D eigenvalue weighted by molar-refractivity contribution is 6.00. The molecule has 1 aliphatic carbocycles. The van der Waals surface area contributed by atoms with Crippen LogP contribution in [-0.2, 0) is 0 Å². The molecular formula is C22H25FN4O5. The second-order valence-electron chi connectivity index (χ2n) is 7.03. The van der Waals surface area contributed by atoms with Crippen LogP contribution in [0.1, 0.15) is 36.0 Å². The fourth-order valence-electron chi connectivity index (χ4n) is 3.39. The van der Waals surface area contributed by atoms with Crippen LogP contribution in [0.4, 0.5) is 4.39 Å². The SMILES string of the molecule is COc1cccc(-n2nccn2)c1C(=O)NC1CCCC1.OC(O)Oc1ccc(F)cc1. The van der Waals surface area contributed by atoms with Crippen molar-refractivity contribution in [1.29, 1.82) is 0 Å². The normalized spacial score (nSPS) is 13.4. The van der Waals surface area contributed by atoms with E-state index in [4.69, 9.17) is 14.9 Å². The first-order chi connectivity index (χ1) is 15.5. The standard InChI is InChI=1S/C15H18N4O2.C7H7FO3/c1-21-13-8-4-7-12(19-16-9-10-17-19)14(13)15(20)18-11-5-2-3-6-11;8-5-1-3-6(4-2-5)11-7(9)10/h4,7-11H,2-3,5-6H2,1H3,(H,18,20);1-4,7,9-10H. The molecule has 32 heavy (non-hydrogen) atoms. The number of ether oxygens (including phenoxy) is 2. The number of carbonyl (C=O) groups excluding carboxylic acids is 1. The Morgan fingerprint density at radius 3 is 2.38 bits per heavy atom. The topological polar surface area (TPSA) is 119 Å². The van der Waals surface area contributed by atoms with Gasteiger partial charge in [0, 0.05) is 6.04 Å². The summed E-state index contributed by atoms with van der Waals surface area (Å²) in [6.07, 6.45) is 7.58. The van der Waals surface area contributed by atoms with Gasteiger partial charge in [-0.15, -0.1) is 0 Å². The third-order valence-electron chi connectivity index (χ3n) is 4.83. The van der Waals surface area contributed by atoms with Crippen LogP contribution in [-0.4, -0.2) is 50.7 Å². The number of rotatable bonds is 6. The van der Waals surface area contributed by atoms with Crippen molar-refractivity contribution in [2.24, 2.45) is 0 Å². The van der Waals surface area contributed by atoms with E-state index >= 15 is 0 Å². The van der Waals surface area contributed by atoms with Gasteiger partial charge >= 0.3 is 6.48 Å². The molecule has 0 radical (unpaired) electrons. The molecule has 1 saturated carbocycles. The van der Waals surface area contributed by atoms with Gasteiger partial charge in [0.05, 0.1) is 19.5 Å². The molecule has 3 N–H and O–H groups in total. The van der Waals surface area contributed by atoms with Gasteiger partial charge in [-0.05, 0) is 49.2 Å². The lowest BCUT2D eigenvalue weighted by molar-refractivity contribution is -0.179. The van der Waals surface area contributed by atoms with Crippen LogP contribution in [0, 0.1) is 5.82 Å². The fraction of sp³-hybridized carbons (Fsp3) is 0.318. The Balaban J connectivity index is 0.000000222. The summed E-state index contributed by atoms with van der Waals surface area (Å²) in [4.78, 5) is 14.1. The molecular weight excluding hydrogens is 419 g/mol. The van der Waals surface area contributed by atoms with E-state index in [1.165, 1.54) is 29.8 Å². The van der Waals surface area contributed by atoms with Crippen LogP contribution in [0.25, 0.3) is 5.69 Å². The number of nitrogens with zero attached hydrogens (tertiary/aromatic N) is 3. The molecule has 4 rings (SSSR count). The van der Waals surface area contributed by atoms with Gasteiger partial charge in [0.2, 0.25) is 0 Å². The highest BCUT2D eigenvalue weighted by atomic mass is 19.1. The quantitative estimate of drug-likeness (QED) is 0.500. The third-order valence-corrected chi connectivity index (χ3v) is 4.83. The highest BCUT2D eigenvalue weighted by Gasteiger charge is 2.23. The lowest BCUT2D eigenvalue weighted by atomic mass is 10.1. The van der Waals surface area contributed by atoms with Crippen molar-refractivity contribution < 1.29 is 28.9 Å². The zero-order chi connectivity index (χ0) is 22.9. The predicted octanol–water partition coefficient (Wildman–Crippen LogP) is 2.42. The number of methoxy groups -OCH3 is 1. The van der Waals surface area contributed by atoms with Crippen LogP contribution in [0.2, 0.25) is 0 Å². The summed E-state index contributed by atoms with van der Waals surface area (Å²) < 4.78 is 22.0. The van der Waals surface area contributed by atoms with Crippen molar-refractivity contribution in [3.63, 3.8) is 0 Å². The Kier molecular flexibility index (Phi) is 8.12. The maximum atomic E-state index is 12.6. The summed E-state index contributed by atoms with van der Waals surface area (Å²) in [5.41, 5.74) is 1.10. The molecule has 170 valence electrons. The van der Waals surface area contributed by atoms with Gasteiger partial charge in [-0.3, -0.25) is 4.79 Å². The minimum atomic E-state index is -1.86. The molecule has 0 aliphatic heterocycles. The molecule has 10 heteroatoms. The molecule has 1 fully saturated rings. The molecule has 1 heterocycles. The molecule has 0 atom stereocenters.